The van der Waals surface area contributed by atoms with Crippen molar-refractivity contribution < 1.29 is 4.52 Å². The summed E-state index contributed by atoms with van der Waals surface area (Å²) in [6.45, 7) is 2.33. The Balaban J connectivity index is 1.63. The second kappa shape index (κ2) is 5.23. The standard InChI is InChI=1S/C15H25N3O/c1-11-4-6-12(7-5-11)14-17-13(19-18-14)10-15(16)8-2-3-9-15/h11-12H,2-10,16H2,1H3. The van der Waals surface area contributed by atoms with Crippen LogP contribution in [0, 0.1) is 5.92 Å². The van der Waals surface area contributed by atoms with Crippen LogP contribution in [0.3, 0.4) is 0 Å². The maximum Gasteiger partial charge on any atom is 0.228 e. The van der Waals surface area contributed by atoms with Crippen molar-refractivity contribution in [3.8, 4) is 0 Å². The SMILES string of the molecule is CC1CCC(c2noc(CC3(N)CCCC3)n2)CC1. The Kier molecular flexibility index (Phi) is 3.61. The largest absolute Gasteiger partial charge is 0.339 e. The summed E-state index contributed by atoms with van der Waals surface area (Å²) in [5.41, 5.74) is 6.28. The fourth-order valence-corrected chi connectivity index (χ4v) is 3.58. The third-order valence-corrected chi connectivity index (χ3v) is 4.97. The average Bonchev–Trinajstić information content (AvgIpc) is 3.00. The molecule has 4 heteroatoms. The van der Waals surface area contributed by atoms with E-state index >= 15 is 0 Å². The molecule has 2 fully saturated rings. The minimum atomic E-state index is -0.0924. The van der Waals surface area contributed by atoms with Crippen molar-refractivity contribution in [2.24, 2.45) is 11.7 Å². The van der Waals surface area contributed by atoms with Gasteiger partial charge in [-0.15, -0.1) is 0 Å². The predicted molar refractivity (Wildman–Crippen MR) is 73.8 cm³/mol. The maximum atomic E-state index is 6.37. The Morgan fingerprint density at radius 3 is 2.58 bits per heavy atom. The van der Waals surface area contributed by atoms with Crippen LogP contribution in [-0.2, 0) is 6.42 Å². The van der Waals surface area contributed by atoms with Gasteiger partial charge in [-0.3, -0.25) is 0 Å². The van der Waals surface area contributed by atoms with Crippen LogP contribution in [0.25, 0.3) is 0 Å². The molecule has 0 atom stereocenters. The topological polar surface area (TPSA) is 64.9 Å². The third kappa shape index (κ3) is 2.99. The van der Waals surface area contributed by atoms with Crippen molar-refractivity contribution in [2.45, 2.75) is 76.2 Å². The average molecular weight is 263 g/mol. The van der Waals surface area contributed by atoms with Crippen molar-refractivity contribution in [2.75, 3.05) is 0 Å². The zero-order valence-corrected chi connectivity index (χ0v) is 11.9. The lowest BCUT2D eigenvalue weighted by atomic mass is 9.83. The van der Waals surface area contributed by atoms with E-state index < -0.39 is 0 Å². The summed E-state index contributed by atoms with van der Waals surface area (Å²) in [4.78, 5) is 4.61. The van der Waals surface area contributed by atoms with Gasteiger partial charge in [-0.05, 0) is 31.6 Å². The normalized spacial score (nSPS) is 30.6. The quantitative estimate of drug-likeness (QED) is 0.909. The lowest BCUT2D eigenvalue weighted by Gasteiger charge is -2.23. The first-order valence-electron chi connectivity index (χ1n) is 7.76. The highest BCUT2D eigenvalue weighted by Crippen LogP contribution is 2.35. The highest BCUT2D eigenvalue weighted by atomic mass is 16.5. The smallest absolute Gasteiger partial charge is 0.228 e. The van der Waals surface area contributed by atoms with Gasteiger partial charge in [-0.25, -0.2) is 0 Å². The molecule has 1 aromatic rings. The summed E-state index contributed by atoms with van der Waals surface area (Å²) >= 11 is 0. The Labute approximate surface area is 115 Å². The summed E-state index contributed by atoms with van der Waals surface area (Å²) in [5, 5.41) is 4.20. The van der Waals surface area contributed by atoms with E-state index in [1.807, 2.05) is 0 Å². The number of hydrogen-bond acceptors (Lipinski definition) is 4. The molecule has 1 aromatic heterocycles. The molecule has 0 aliphatic heterocycles. The Morgan fingerprint density at radius 1 is 1.21 bits per heavy atom. The summed E-state index contributed by atoms with van der Waals surface area (Å²) < 4.78 is 5.43. The van der Waals surface area contributed by atoms with Crippen molar-refractivity contribution in [1.29, 1.82) is 0 Å². The summed E-state index contributed by atoms with van der Waals surface area (Å²) in [7, 11) is 0. The van der Waals surface area contributed by atoms with Crippen LogP contribution >= 0.6 is 0 Å². The summed E-state index contributed by atoms with van der Waals surface area (Å²) in [5.74, 6) is 3.03. The van der Waals surface area contributed by atoms with E-state index in [-0.39, 0.29) is 5.54 Å². The van der Waals surface area contributed by atoms with E-state index in [0.717, 1.165) is 36.9 Å². The molecule has 2 N–H and O–H groups in total. The second-order valence-electron chi connectivity index (χ2n) is 6.75. The van der Waals surface area contributed by atoms with Gasteiger partial charge in [0.15, 0.2) is 5.82 Å². The Bertz CT molecular complexity index is 415. The fraction of sp³-hybridized carbons (Fsp3) is 0.867. The van der Waals surface area contributed by atoms with Crippen LogP contribution < -0.4 is 5.73 Å². The van der Waals surface area contributed by atoms with Gasteiger partial charge in [0.1, 0.15) is 0 Å². The van der Waals surface area contributed by atoms with Crippen LogP contribution in [0.4, 0.5) is 0 Å². The molecule has 0 radical (unpaired) electrons. The molecule has 0 spiro atoms. The number of hydrogen-bond donors (Lipinski definition) is 1. The Morgan fingerprint density at radius 2 is 1.89 bits per heavy atom. The van der Waals surface area contributed by atoms with E-state index in [1.165, 1.54) is 38.5 Å². The molecule has 0 saturated heterocycles. The highest BCUT2D eigenvalue weighted by Gasteiger charge is 2.32. The monoisotopic (exact) mass is 263 g/mol. The van der Waals surface area contributed by atoms with Crippen molar-refractivity contribution in [3.63, 3.8) is 0 Å². The molecule has 0 bridgehead atoms. The van der Waals surface area contributed by atoms with Crippen molar-refractivity contribution in [1.82, 2.24) is 10.1 Å². The molecule has 2 aliphatic carbocycles. The lowest BCUT2D eigenvalue weighted by Crippen LogP contribution is -2.38. The number of rotatable bonds is 3. The Hall–Kier alpha value is -0.900. The van der Waals surface area contributed by atoms with E-state index in [0.29, 0.717) is 5.92 Å². The third-order valence-electron chi connectivity index (χ3n) is 4.97. The molecule has 0 amide bonds. The van der Waals surface area contributed by atoms with Gasteiger partial charge in [0.05, 0.1) is 0 Å². The van der Waals surface area contributed by atoms with E-state index in [4.69, 9.17) is 10.3 Å². The molecule has 4 nitrogen and oxygen atoms in total. The molecule has 0 unspecified atom stereocenters. The van der Waals surface area contributed by atoms with Crippen molar-refractivity contribution >= 4 is 0 Å². The minimum absolute atomic E-state index is 0.0924. The molecule has 2 aliphatic rings. The molecule has 3 rings (SSSR count). The van der Waals surface area contributed by atoms with Crippen LogP contribution in [0.5, 0.6) is 0 Å². The zero-order valence-electron chi connectivity index (χ0n) is 11.9. The molecule has 1 heterocycles. The number of aromatic nitrogens is 2. The zero-order chi connectivity index (χ0) is 13.3. The summed E-state index contributed by atoms with van der Waals surface area (Å²) in [6.07, 6.45) is 10.4. The van der Waals surface area contributed by atoms with Crippen LogP contribution in [0.1, 0.15) is 75.9 Å². The molecule has 19 heavy (non-hydrogen) atoms. The van der Waals surface area contributed by atoms with Gasteiger partial charge in [0, 0.05) is 17.9 Å². The maximum absolute atomic E-state index is 6.37. The van der Waals surface area contributed by atoms with Gasteiger partial charge in [0.25, 0.3) is 0 Å². The van der Waals surface area contributed by atoms with E-state index in [9.17, 15) is 0 Å². The molecule has 2 saturated carbocycles. The number of nitrogens with two attached hydrogens (primary N) is 1. The van der Waals surface area contributed by atoms with Gasteiger partial charge in [0.2, 0.25) is 5.89 Å². The van der Waals surface area contributed by atoms with Crippen LogP contribution in [0.2, 0.25) is 0 Å². The van der Waals surface area contributed by atoms with Crippen LogP contribution in [-0.4, -0.2) is 15.7 Å². The van der Waals surface area contributed by atoms with Gasteiger partial charge in [-0.1, -0.05) is 37.8 Å². The predicted octanol–water partition coefficient (Wildman–Crippen LogP) is 3.18. The highest BCUT2D eigenvalue weighted by molar-refractivity contribution is 5.02. The first-order chi connectivity index (χ1) is 9.15. The molecule has 106 valence electrons. The molecular weight excluding hydrogens is 238 g/mol. The van der Waals surface area contributed by atoms with Crippen molar-refractivity contribution in [3.05, 3.63) is 11.7 Å². The van der Waals surface area contributed by atoms with E-state index in [1.54, 1.807) is 0 Å². The summed E-state index contributed by atoms with van der Waals surface area (Å²) in [6, 6.07) is 0. The fourth-order valence-electron chi connectivity index (χ4n) is 3.58. The number of nitrogens with zero attached hydrogens (tertiary/aromatic N) is 2. The molecule has 0 aromatic carbocycles. The van der Waals surface area contributed by atoms with Gasteiger partial charge in [-0.2, -0.15) is 4.98 Å². The van der Waals surface area contributed by atoms with Gasteiger partial charge >= 0.3 is 0 Å². The lowest BCUT2D eigenvalue weighted by molar-refractivity contribution is 0.312. The first kappa shape index (κ1) is 13.1. The van der Waals surface area contributed by atoms with E-state index in [2.05, 4.69) is 17.1 Å². The second-order valence-corrected chi connectivity index (χ2v) is 6.75. The van der Waals surface area contributed by atoms with Gasteiger partial charge < -0.3 is 10.3 Å². The first-order valence-corrected chi connectivity index (χ1v) is 7.76. The minimum Gasteiger partial charge on any atom is -0.339 e. The van der Waals surface area contributed by atoms with Crippen LogP contribution in [0.15, 0.2) is 4.52 Å². The molecular formula is C15H25N3O.